The van der Waals surface area contributed by atoms with Crippen LogP contribution in [0.2, 0.25) is 0 Å². The van der Waals surface area contributed by atoms with Crippen LogP contribution < -0.4 is 5.56 Å². The van der Waals surface area contributed by atoms with E-state index in [0.717, 1.165) is 16.5 Å². The fourth-order valence-electron chi connectivity index (χ4n) is 4.53. The Balaban J connectivity index is 1.26. The predicted octanol–water partition coefficient (Wildman–Crippen LogP) is 4.47. The number of carbonyl (C=O) groups is 1. The molecule has 0 unspecified atom stereocenters. The zero-order valence-corrected chi connectivity index (χ0v) is 19.2. The summed E-state index contributed by atoms with van der Waals surface area (Å²) in [7, 11) is 0. The number of nitrogens with zero attached hydrogens (tertiary/aromatic N) is 2. The van der Waals surface area contributed by atoms with Gasteiger partial charge in [-0.3, -0.25) is 9.59 Å². The van der Waals surface area contributed by atoms with Gasteiger partial charge in [0, 0.05) is 24.9 Å². The van der Waals surface area contributed by atoms with Crippen molar-refractivity contribution < 1.29 is 13.9 Å². The topological polar surface area (TPSA) is 75.3 Å². The van der Waals surface area contributed by atoms with E-state index in [1.54, 1.807) is 29.2 Å². The molecule has 0 spiro atoms. The summed E-state index contributed by atoms with van der Waals surface area (Å²) in [5.74, 6) is -0.856. The second-order valence-electron chi connectivity index (χ2n) is 8.82. The lowest BCUT2D eigenvalue weighted by atomic mass is 10.0. The molecule has 1 aliphatic heterocycles. The van der Waals surface area contributed by atoms with Crippen molar-refractivity contribution in [2.24, 2.45) is 0 Å². The fourth-order valence-corrected chi connectivity index (χ4v) is 4.53. The Kier molecular flexibility index (Phi) is 6.68. The molecule has 178 valence electrons. The minimum atomic E-state index is -0.541. The molecule has 7 heteroatoms. The molecule has 0 aliphatic carbocycles. The van der Waals surface area contributed by atoms with Gasteiger partial charge in [0.15, 0.2) is 0 Å². The minimum absolute atomic E-state index is 0.0554. The molecule has 2 heterocycles. The Morgan fingerprint density at radius 3 is 2.46 bits per heavy atom. The number of aromatic nitrogens is 2. The van der Waals surface area contributed by atoms with Crippen LogP contribution in [0.3, 0.4) is 0 Å². The average molecular weight is 472 g/mol. The first-order valence-electron chi connectivity index (χ1n) is 11.8. The third-order valence-electron chi connectivity index (χ3n) is 6.47. The van der Waals surface area contributed by atoms with Gasteiger partial charge in [-0.2, -0.15) is 5.10 Å². The van der Waals surface area contributed by atoms with E-state index in [0.29, 0.717) is 50.0 Å². The van der Waals surface area contributed by atoms with Crippen molar-refractivity contribution in [1.29, 1.82) is 0 Å². The molecular formula is C28H26FN3O3. The van der Waals surface area contributed by atoms with Gasteiger partial charge in [-0.05, 0) is 42.2 Å². The van der Waals surface area contributed by atoms with E-state index in [-0.39, 0.29) is 23.1 Å². The number of hydrogen-bond donors (Lipinski definition) is 1. The van der Waals surface area contributed by atoms with E-state index in [4.69, 9.17) is 4.74 Å². The SMILES string of the molecule is O=C(c1cc(Cc2n[nH]c(=O)c3ccccc23)ccc1F)N1CCC(OCc2ccccc2)CC1. The molecule has 6 nitrogen and oxygen atoms in total. The average Bonchev–Trinajstić information content (AvgIpc) is 2.91. The molecule has 4 aromatic rings. The molecular weight excluding hydrogens is 445 g/mol. The summed E-state index contributed by atoms with van der Waals surface area (Å²) in [4.78, 5) is 26.9. The van der Waals surface area contributed by atoms with Gasteiger partial charge in [-0.1, -0.05) is 54.6 Å². The van der Waals surface area contributed by atoms with Crippen LogP contribution in [0.4, 0.5) is 4.39 Å². The monoisotopic (exact) mass is 471 g/mol. The normalized spacial score (nSPS) is 14.4. The van der Waals surface area contributed by atoms with Crippen molar-refractivity contribution >= 4 is 16.7 Å². The van der Waals surface area contributed by atoms with Crippen LogP contribution in [-0.2, 0) is 17.8 Å². The van der Waals surface area contributed by atoms with Crippen LogP contribution in [0, 0.1) is 5.82 Å². The lowest BCUT2D eigenvalue weighted by Gasteiger charge is -2.32. The third-order valence-corrected chi connectivity index (χ3v) is 6.47. The fraction of sp³-hybridized carbons (Fsp3) is 0.250. The zero-order valence-electron chi connectivity index (χ0n) is 19.2. The first-order valence-corrected chi connectivity index (χ1v) is 11.8. The van der Waals surface area contributed by atoms with Crippen LogP contribution in [0.1, 0.15) is 40.0 Å². The van der Waals surface area contributed by atoms with Gasteiger partial charge in [0.2, 0.25) is 0 Å². The first-order chi connectivity index (χ1) is 17.1. The largest absolute Gasteiger partial charge is 0.373 e. The number of likely N-dealkylation sites (tertiary alicyclic amines) is 1. The summed E-state index contributed by atoms with van der Waals surface area (Å²) in [5.41, 5.74) is 2.34. The number of nitrogens with one attached hydrogen (secondary N) is 1. The summed E-state index contributed by atoms with van der Waals surface area (Å²) < 4.78 is 20.7. The molecule has 35 heavy (non-hydrogen) atoms. The number of piperidine rings is 1. The van der Waals surface area contributed by atoms with Crippen LogP contribution in [0.15, 0.2) is 77.6 Å². The number of halogens is 1. The van der Waals surface area contributed by atoms with Crippen LogP contribution in [0.25, 0.3) is 10.8 Å². The number of carbonyl (C=O) groups excluding carboxylic acids is 1. The van der Waals surface area contributed by atoms with Gasteiger partial charge < -0.3 is 9.64 Å². The van der Waals surface area contributed by atoms with E-state index >= 15 is 0 Å². The molecule has 1 amide bonds. The highest BCUT2D eigenvalue weighted by Gasteiger charge is 2.26. The van der Waals surface area contributed by atoms with Gasteiger partial charge in [0.25, 0.3) is 11.5 Å². The maximum atomic E-state index is 14.7. The number of benzene rings is 3. The van der Waals surface area contributed by atoms with Crippen LogP contribution in [-0.4, -0.2) is 40.2 Å². The van der Waals surface area contributed by atoms with Crippen molar-refractivity contribution in [1.82, 2.24) is 15.1 Å². The Morgan fingerprint density at radius 1 is 0.971 bits per heavy atom. The number of rotatable bonds is 6. The van der Waals surface area contributed by atoms with Gasteiger partial charge in [0.05, 0.1) is 29.4 Å². The van der Waals surface area contributed by atoms with Crippen LogP contribution in [0.5, 0.6) is 0 Å². The first kappa shape index (κ1) is 22.9. The zero-order chi connectivity index (χ0) is 24.2. The second kappa shape index (κ2) is 10.2. The Hall–Kier alpha value is -3.84. The maximum Gasteiger partial charge on any atom is 0.272 e. The molecule has 1 saturated heterocycles. The number of ether oxygens (including phenoxy) is 1. The number of amides is 1. The van der Waals surface area contributed by atoms with Gasteiger partial charge in [-0.25, -0.2) is 9.49 Å². The molecule has 1 aliphatic rings. The van der Waals surface area contributed by atoms with Crippen molar-refractivity contribution in [2.75, 3.05) is 13.1 Å². The van der Waals surface area contributed by atoms with Crippen molar-refractivity contribution in [2.45, 2.75) is 32.0 Å². The van der Waals surface area contributed by atoms with Gasteiger partial charge in [0.1, 0.15) is 5.82 Å². The molecule has 0 bridgehead atoms. The third kappa shape index (κ3) is 5.15. The molecule has 1 N–H and O–H groups in total. The highest BCUT2D eigenvalue weighted by atomic mass is 19.1. The summed E-state index contributed by atoms with van der Waals surface area (Å²) in [6.07, 6.45) is 1.88. The maximum absolute atomic E-state index is 14.7. The standard InChI is InChI=1S/C28H26FN3O3/c29-25-11-10-20(17-26-22-8-4-5-9-23(22)27(33)31-30-26)16-24(25)28(34)32-14-12-21(13-15-32)35-18-19-6-2-1-3-7-19/h1-11,16,21H,12-15,17-18H2,(H,31,33). The van der Waals surface area contributed by atoms with Crippen molar-refractivity contribution in [3.05, 3.63) is 111 Å². The van der Waals surface area contributed by atoms with Gasteiger partial charge in [-0.15, -0.1) is 0 Å². The lowest BCUT2D eigenvalue weighted by molar-refractivity contribution is -0.000472. The van der Waals surface area contributed by atoms with Crippen molar-refractivity contribution in [3.8, 4) is 0 Å². The molecule has 5 rings (SSSR count). The van der Waals surface area contributed by atoms with Crippen molar-refractivity contribution in [3.63, 3.8) is 0 Å². The molecule has 1 fully saturated rings. The summed E-state index contributed by atoms with van der Waals surface area (Å²) in [5, 5.41) is 8.01. The lowest BCUT2D eigenvalue weighted by Crippen LogP contribution is -2.41. The molecule has 1 aromatic heterocycles. The molecule has 0 saturated carbocycles. The number of hydrogen-bond acceptors (Lipinski definition) is 4. The molecule has 0 radical (unpaired) electrons. The van der Waals surface area contributed by atoms with E-state index < -0.39 is 5.82 Å². The summed E-state index contributed by atoms with van der Waals surface area (Å²) >= 11 is 0. The minimum Gasteiger partial charge on any atom is -0.373 e. The van der Waals surface area contributed by atoms with E-state index in [9.17, 15) is 14.0 Å². The van der Waals surface area contributed by atoms with Crippen LogP contribution >= 0.6 is 0 Å². The quantitative estimate of drug-likeness (QED) is 0.450. The highest BCUT2D eigenvalue weighted by molar-refractivity contribution is 5.95. The Bertz CT molecular complexity index is 1400. The highest BCUT2D eigenvalue weighted by Crippen LogP contribution is 2.22. The second-order valence-corrected chi connectivity index (χ2v) is 8.82. The number of fused-ring (bicyclic) bond motifs is 1. The number of H-pyrrole nitrogens is 1. The van der Waals surface area contributed by atoms with E-state index in [1.807, 2.05) is 42.5 Å². The summed E-state index contributed by atoms with van der Waals surface area (Å²) in [6, 6.07) is 21.8. The summed E-state index contributed by atoms with van der Waals surface area (Å²) in [6.45, 7) is 1.59. The Morgan fingerprint density at radius 2 is 1.69 bits per heavy atom. The van der Waals surface area contributed by atoms with E-state index in [1.165, 1.54) is 6.07 Å². The number of aromatic amines is 1. The molecule has 0 atom stereocenters. The smallest absolute Gasteiger partial charge is 0.272 e. The molecule has 3 aromatic carbocycles. The Labute approximate surface area is 202 Å². The predicted molar refractivity (Wildman–Crippen MR) is 132 cm³/mol. The van der Waals surface area contributed by atoms with E-state index in [2.05, 4.69) is 10.2 Å². The van der Waals surface area contributed by atoms with Gasteiger partial charge >= 0.3 is 0 Å².